The summed E-state index contributed by atoms with van der Waals surface area (Å²) in [5.41, 5.74) is 3.13. The lowest BCUT2D eigenvalue weighted by Crippen LogP contribution is -2.34. The maximum Gasteiger partial charge on any atom is 0.254 e. The van der Waals surface area contributed by atoms with Gasteiger partial charge in [-0.25, -0.2) is 0 Å². The van der Waals surface area contributed by atoms with Crippen molar-refractivity contribution >= 4 is 11.8 Å². The van der Waals surface area contributed by atoms with Gasteiger partial charge in [-0.15, -0.1) is 0 Å². The Bertz CT molecular complexity index is 999. The van der Waals surface area contributed by atoms with Crippen LogP contribution in [0.4, 0.5) is 5.88 Å². The van der Waals surface area contributed by atoms with Crippen LogP contribution in [-0.4, -0.2) is 56.4 Å². The zero-order valence-corrected chi connectivity index (χ0v) is 19.2. The van der Waals surface area contributed by atoms with Crippen molar-refractivity contribution < 1.29 is 18.8 Å². The van der Waals surface area contributed by atoms with Crippen molar-refractivity contribution in [2.24, 2.45) is 0 Å². The highest BCUT2D eigenvalue weighted by Crippen LogP contribution is 2.33. The smallest absolute Gasteiger partial charge is 0.254 e. The van der Waals surface area contributed by atoms with Gasteiger partial charge in [0.15, 0.2) is 0 Å². The molecule has 7 nitrogen and oxygen atoms in total. The minimum absolute atomic E-state index is 0.105. The molecule has 0 saturated heterocycles. The van der Waals surface area contributed by atoms with E-state index in [9.17, 15) is 4.79 Å². The summed E-state index contributed by atoms with van der Waals surface area (Å²) in [6.45, 7) is 6.89. The molecule has 0 unspecified atom stereocenters. The Balaban J connectivity index is 2.02. The van der Waals surface area contributed by atoms with Crippen molar-refractivity contribution in [1.82, 2.24) is 10.1 Å². The fourth-order valence-corrected chi connectivity index (χ4v) is 3.61. The van der Waals surface area contributed by atoms with E-state index in [4.69, 9.17) is 14.0 Å². The lowest BCUT2D eigenvalue weighted by molar-refractivity contribution is 0.0680. The fourth-order valence-electron chi connectivity index (χ4n) is 3.61. The summed E-state index contributed by atoms with van der Waals surface area (Å²) in [7, 11) is 3.22. The molecular weight excluding hydrogens is 406 g/mol. The molecule has 32 heavy (non-hydrogen) atoms. The number of hydrogen-bond donors (Lipinski definition) is 0. The highest BCUT2D eigenvalue weighted by atomic mass is 16.5. The molecule has 0 radical (unpaired) electrons. The monoisotopic (exact) mass is 437 g/mol. The van der Waals surface area contributed by atoms with Crippen LogP contribution >= 0.6 is 0 Å². The van der Waals surface area contributed by atoms with Crippen molar-refractivity contribution in [1.29, 1.82) is 0 Å². The summed E-state index contributed by atoms with van der Waals surface area (Å²) in [6, 6.07) is 17.1. The van der Waals surface area contributed by atoms with Gasteiger partial charge >= 0.3 is 0 Å². The highest BCUT2D eigenvalue weighted by molar-refractivity contribution is 5.94. The molecule has 3 aromatic rings. The average molecular weight is 438 g/mol. The normalized spacial score (nSPS) is 10.8. The molecule has 0 spiro atoms. The van der Waals surface area contributed by atoms with Crippen molar-refractivity contribution in [3.05, 3.63) is 65.7 Å². The fraction of sp³-hybridized carbons (Fsp3) is 0.360. The second kappa shape index (κ2) is 11.3. The number of benzene rings is 2. The van der Waals surface area contributed by atoms with Crippen LogP contribution in [-0.2, 0) is 11.3 Å². The summed E-state index contributed by atoms with van der Waals surface area (Å²) in [6.07, 6.45) is 0. The Kier molecular flexibility index (Phi) is 8.27. The molecule has 1 amide bonds. The maximum atomic E-state index is 13.5. The quantitative estimate of drug-likeness (QED) is 0.440. The number of amides is 1. The molecule has 170 valence electrons. The Morgan fingerprint density at radius 3 is 2.44 bits per heavy atom. The topological polar surface area (TPSA) is 68.0 Å². The number of anilines is 1. The Morgan fingerprint density at radius 2 is 1.78 bits per heavy atom. The van der Waals surface area contributed by atoms with Gasteiger partial charge in [0.1, 0.15) is 11.4 Å². The molecular formula is C25H31N3O4. The Morgan fingerprint density at radius 1 is 1.03 bits per heavy atom. The van der Waals surface area contributed by atoms with E-state index in [-0.39, 0.29) is 5.91 Å². The molecule has 0 saturated carbocycles. The van der Waals surface area contributed by atoms with Gasteiger partial charge in [0.2, 0.25) is 5.88 Å². The van der Waals surface area contributed by atoms with Crippen LogP contribution in [0, 0.1) is 0 Å². The van der Waals surface area contributed by atoms with E-state index in [0.29, 0.717) is 36.9 Å². The third-order valence-electron chi connectivity index (χ3n) is 5.38. The summed E-state index contributed by atoms with van der Waals surface area (Å²) >= 11 is 0. The molecule has 0 aliphatic carbocycles. The number of rotatable bonds is 11. The molecule has 0 bridgehead atoms. The predicted molar refractivity (Wildman–Crippen MR) is 125 cm³/mol. The van der Waals surface area contributed by atoms with E-state index >= 15 is 0 Å². The Labute approximate surface area is 189 Å². The molecule has 0 N–H and O–H groups in total. The lowest BCUT2D eigenvalue weighted by Gasteiger charge is -2.25. The van der Waals surface area contributed by atoms with Gasteiger partial charge in [0.05, 0.1) is 25.8 Å². The van der Waals surface area contributed by atoms with Gasteiger partial charge < -0.3 is 23.8 Å². The summed E-state index contributed by atoms with van der Waals surface area (Å²) in [4.78, 5) is 17.3. The first-order chi connectivity index (χ1) is 15.6. The number of aromatic nitrogens is 1. The number of methoxy groups -OCH3 is 2. The number of carbonyl (C=O) groups is 1. The van der Waals surface area contributed by atoms with Gasteiger partial charge in [-0.2, -0.15) is 0 Å². The van der Waals surface area contributed by atoms with E-state index in [2.05, 4.69) is 23.9 Å². The third kappa shape index (κ3) is 5.29. The third-order valence-corrected chi connectivity index (χ3v) is 5.38. The second-order valence-electron chi connectivity index (χ2n) is 7.30. The first kappa shape index (κ1) is 23.3. The number of nitrogens with zero attached hydrogens (tertiary/aromatic N) is 3. The number of hydrogen-bond acceptors (Lipinski definition) is 6. The van der Waals surface area contributed by atoms with Crippen LogP contribution in [0.2, 0.25) is 0 Å². The van der Waals surface area contributed by atoms with E-state index in [1.54, 1.807) is 31.3 Å². The maximum absolute atomic E-state index is 13.5. The lowest BCUT2D eigenvalue weighted by atomic mass is 10.1. The van der Waals surface area contributed by atoms with Crippen LogP contribution in [0.25, 0.3) is 11.3 Å². The average Bonchev–Trinajstić information content (AvgIpc) is 3.26. The van der Waals surface area contributed by atoms with Crippen LogP contribution in [0.3, 0.4) is 0 Å². The minimum Gasteiger partial charge on any atom is -0.497 e. The molecule has 0 aliphatic rings. The van der Waals surface area contributed by atoms with Gasteiger partial charge in [-0.05, 0) is 32.0 Å². The first-order valence-electron chi connectivity index (χ1n) is 10.8. The van der Waals surface area contributed by atoms with Crippen molar-refractivity contribution in [2.45, 2.75) is 20.4 Å². The SMILES string of the molecule is CCN(CC)c1onc(-c2ccccc2)c1CN(CCOC)C(=O)c1cccc(OC)c1. The second-order valence-corrected chi connectivity index (χ2v) is 7.30. The molecule has 3 rings (SSSR count). The standard InChI is InChI=1S/C25H31N3O4/c1-5-27(6-2)25-22(23(26-32-25)19-11-8-7-9-12-19)18-28(15-16-30-3)24(29)20-13-10-14-21(17-20)31-4/h7-14,17H,5-6,15-16,18H2,1-4H3. The highest BCUT2D eigenvalue weighted by Gasteiger charge is 2.26. The molecule has 7 heteroatoms. The number of ether oxygens (including phenoxy) is 2. The molecule has 0 aliphatic heterocycles. The Hall–Kier alpha value is -3.32. The molecule has 1 heterocycles. The van der Waals surface area contributed by atoms with E-state index in [0.717, 1.165) is 29.9 Å². The van der Waals surface area contributed by atoms with Crippen LogP contribution in [0.15, 0.2) is 59.1 Å². The van der Waals surface area contributed by atoms with Crippen LogP contribution in [0.1, 0.15) is 29.8 Å². The number of carbonyl (C=O) groups excluding carboxylic acids is 1. The summed E-state index contributed by atoms with van der Waals surface area (Å²) in [5, 5.41) is 4.39. The largest absolute Gasteiger partial charge is 0.497 e. The van der Waals surface area contributed by atoms with Crippen LogP contribution < -0.4 is 9.64 Å². The molecule has 1 aromatic heterocycles. The van der Waals surface area contributed by atoms with Gasteiger partial charge in [0.25, 0.3) is 5.91 Å². The zero-order chi connectivity index (χ0) is 22.9. The van der Waals surface area contributed by atoms with E-state index in [1.165, 1.54) is 0 Å². The zero-order valence-electron chi connectivity index (χ0n) is 19.2. The van der Waals surface area contributed by atoms with Gasteiger partial charge in [0, 0.05) is 37.9 Å². The minimum atomic E-state index is -0.105. The summed E-state index contributed by atoms with van der Waals surface area (Å²) < 4.78 is 16.4. The molecule has 2 aromatic carbocycles. The van der Waals surface area contributed by atoms with Crippen molar-refractivity contribution in [2.75, 3.05) is 45.4 Å². The van der Waals surface area contributed by atoms with Crippen molar-refractivity contribution in [3.8, 4) is 17.0 Å². The summed E-state index contributed by atoms with van der Waals surface area (Å²) in [5.74, 6) is 1.22. The van der Waals surface area contributed by atoms with Crippen molar-refractivity contribution in [3.63, 3.8) is 0 Å². The molecule has 0 fully saturated rings. The van der Waals surface area contributed by atoms with Gasteiger partial charge in [-0.1, -0.05) is 41.6 Å². The first-order valence-corrected chi connectivity index (χ1v) is 10.8. The predicted octanol–water partition coefficient (Wildman–Crippen LogP) is 4.49. The molecule has 0 atom stereocenters. The van der Waals surface area contributed by atoms with E-state index in [1.807, 2.05) is 42.5 Å². The van der Waals surface area contributed by atoms with E-state index < -0.39 is 0 Å². The van der Waals surface area contributed by atoms with Crippen LogP contribution in [0.5, 0.6) is 5.75 Å². The van der Waals surface area contributed by atoms with Gasteiger partial charge in [-0.3, -0.25) is 4.79 Å².